The highest BCUT2D eigenvalue weighted by Gasteiger charge is 2.30. The lowest BCUT2D eigenvalue weighted by Crippen LogP contribution is -2.40. The molecule has 0 saturated carbocycles. The average molecular weight is 354 g/mol. The minimum Gasteiger partial charge on any atom is -0.368 e. The van der Waals surface area contributed by atoms with E-state index < -0.39 is 0 Å². The number of hydrogen-bond donors (Lipinski definition) is 2. The summed E-state index contributed by atoms with van der Waals surface area (Å²) in [5, 5.41) is 3.47. The summed E-state index contributed by atoms with van der Waals surface area (Å²) in [6.45, 7) is 8.15. The molecule has 1 amide bonds. The Kier molecular flexibility index (Phi) is 4.94. The van der Waals surface area contributed by atoms with Crippen molar-refractivity contribution in [2.45, 2.75) is 51.7 Å². The summed E-state index contributed by atoms with van der Waals surface area (Å²) in [5.41, 5.74) is 7.86. The number of primary amides is 1. The standard InChI is InChI=1S/C16H24BrN3O/c1-16(2,3)19-10-11-6-7-13(12(17)9-11)20-8-4-5-14(20)15(18)21/h6-7,9,14,19H,4-5,8,10H2,1-3H3,(H2,18,21). The second kappa shape index (κ2) is 6.36. The lowest BCUT2D eigenvalue weighted by atomic mass is 10.1. The van der Waals surface area contributed by atoms with Gasteiger partial charge in [0, 0.05) is 23.1 Å². The van der Waals surface area contributed by atoms with E-state index in [-0.39, 0.29) is 17.5 Å². The number of rotatable bonds is 4. The molecule has 0 aromatic heterocycles. The molecule has 1 unspecified atom stereocenters. The highest BCUT2D eigenvalue weighted by molar-refractivity contribution is 9.10. The van der Waals surface area contributed by atoms with E-state index in [0.29, 0.717) is 0 Å². The van der Waals surface area contributed by atoms with Crippen molar-refractivity contribution in [3.8, 4) is 0 Å². The summed E-state index contributed by atoms with van der Waals surface area (Å²) < 4.78 is 1.02. The summed E-state index contributed by atoms with van der Waals surface area (Å²) in [7, 11) is 0. The molecule has 0 spiro atoms. The van der Waals surface area contributed by atoms with Crippen LogP contribution >= 0.6 is 15.9 Å². The van der Waals surface area contributed by atoms with Crippen LogP contribution < -0.4 is 16.0 Å². The highest BCUT2D eigenvalue weighted by atomic mass is 79.9. The Morgan fingerprint density at radius 1 is 1.48 bits per heavy atom. The molecular formula is C16H24BrN3O. The molecule has 1 fully saturated rings. The number of amides is 1. The predicted octanol–water partition coefficient (Wildman–Crippen LogP) is 2.79. The Balaban J connectivity index is 2.14. The van der Waals surface area contributed by atoms with E-state index in [1.54, 1.807) is 0 Å². The third-order valence-electron chi connectivity index (χ3n) is 3.73. The minimum atomic E-state index is -0.238. The van der Waals surface area contributed by atoms with Crippen LogP contribution in [0.2, 0.25) is 0 Å². The van der Waals surface area contributed by atoms with Gasteiger partial charge in [0.25, 0.3) is 0 Å². The van der Waals surface area contributed by atoms with Gasteiger partial charge in [-0.2, -0.15) is 0 Å². The van der Waals surface area contributed by atoms with Crippen LogP contribution in [0.3, 0.4) is 0 Å². The summed E-state index contributed by atoms with van der Waals surface area (Å²) in [5.74, 6) is -0.238. The second-order valence-electron chi connectivity index (χ2n) is 6.64. The average Bonchev–Trinajstić information content (AvgIpc) is 2.84. The topological polar surface area (TPSA) is 58.4 Å². The fourth-order valence-electron chi connectivity index (χ4n) is 2.61. The van der Waals surface area contributed by atoms with Crippen LogP contribution in [0.5, 0.6) is 0 Å². The van der Waals surface area contributed by atoms with Crippen LogP contribution in [0.1, 0.15) is 39.2 Å². The minimum absolute atomic E-state index is 0.0944. The molecule has 116 valence electrons. The van der Waals surface area contributed by atoms with Crippen molar-refractivity contribution >= 4 is 27.5 Å². The lowest BCUT2D eigenvalue weighted by molar-refractivity contribution is -0.119. The lowest BCUT2D eigenvalue weighted by Gasteiger charge is -2.26. The molecule has 2 rings (SSSR count). The molecule has 0 bridgehead atoms. The van der Waals surface area contributed by atoms with Gasteiger partial charge in [0.2, 0.25) is 5.91 Å². The van der Waals surface area contributed by atoms with Gasteiger partial charge >= 0.3 is 0 Å². The van der Waals surface area contributed by atoms with Gasteiger partial charge in [-0.1, -0.05) is 6.07 Å². The van der Waals surface area contributed by atoms with Crippen LogP contribution in [-0.2, 0) is 11.3 Å². The normalized spacial score (nSPS) is 19.0. The monoisotopic (exact) mass is 353 g/mol. The molecule has 1 heterocycles. The first kappa shape index (κ1) is 16.3. The van der Waals surface area contributed by atoms with Crippen LogP contribution in [0.4, 0.5) is 5.69 Å². The maximum atomic E-state index is 11.5. The quantitative estimate of drug-likeness (QED) is 0.874. The number of anilines is 1. The van der Waals surface area contributed by atoms with Crippen molar-refractivity contribution in [2.75, 3.05) is 11.4 Å². The Morgan fingerprint density at radius 2 is 2.19 bits per heavy atom. The Hall–Kier alpha value is -1.07. The zero-order valence-corrected chi connectivity index (χ0v) is 14.5. The molecule has 1 saturated heterocycles. The maximum absolute atomic E-state index is 11.5. The molecule has 1 aromatic carbocycles. The van der Waals surface area contributed by atoms with Crippen LogP contribution in [0, 0.1) is 0 Å². The van der Waals surface area contributed by atoms with E-state index >= 15 is 0 Å². The zero-order valence-electron chi connectivity index (χ0n) is 12.9. The summed E-state index contributed by atoms with van der Waals surface area (Å²) in [6, 6.07) is 6.12. The second-order valence-corrected chi connectivity index (χ2v) is 7.50. The highest BCUT2D eigenvalue weighted by Crippen LogP contribution is 2.32. The van der Waals surface area contributed by atoms with Gasteiger partial charge in [-0.15, -0.1) is 0 Å². The van der Waals surface area contributed by atoms with E-state index in [2.05, 4.69) is 65.1 Å². The van der Waals surface area contributed by atoms with E-state index in [0.717, 1.165) is 36.1 Å². The van der Waals surface area contributed by atoms with E-state index in [1.807, 2.05) is 0 Å². The van der Waals surface area contributed by atoms with Crippen molar-refractivity contribution in [1.82, 2.24) is 5.32 Å². The number of nitrogens with zero attached hydrogens (tertiary/aromatic N) is 1. The maximum Gasteiger partial charge on any atom is 0.240 e. The van der Waals surface area contributed by atoms with Gasteiger partial charge in [0.1, 0.15) is 6.04 Å². The summed E-state index contributed by atoms with van der Waals surface area (Å²) in [4.78, 5) is 13.6. The number of carbonyl (C=O) groups is 1. The molecular weight excluding hydrogens is 330 g/mol. The SMILES string of the molecule is CC(C)(C)NCc1ccc(N2CCCC2C(N)=O)c(Br)c1. The number of nitrogens with one attached hydrogen (secondary N) is 1. The predicted molar refractivity (Wildman–Crippen MR) is 90.3 cm³/mol. The summed E-state index contributed by atoms with van der Waals surface area (Å²) >= 11 is 3.63. The first-order valence-corrected chi connectivity index (χ1v) is 8.16. The van der Waals surface area contributed by atoms with Crippen molar-refractivity contribution in [3.63, 3.8) is 0 Å². The molecule has 5 heteroatoms. The summed E-state index contributed by atoms with van der Waals surface area (Å²) in [6.07, 6.45) is 1.85. The molecule has 3 N–H and O–H groups in total. The largest absolute Gasteiger partial charge is 0.368 e. The van der Waals surface area contributed by atoms with Crippen molar-refractivity contribution in [2.24, 2.45) is 5.73 Å². The molecule has 1 aliphatic heterocycles. The number of nitrogens with two attached hydrogens (primary N) is 1. The van der Waals surface area contributed by atoms with Gasteiger partial charge < -0.3 is 16.0 Å². The first-order valence-electron chi connectivity index (χ1n) is 7.37. The van der Waals surface area contributed by atoms with Gasteiger partial charge in [-0.3, -0.25) is 4.79 Å². The Morgan fingerprint density at radius 3 is 2.76 bits per heavy atom. The van der Waals surface area contributed by atoms with Crippen molar-refractivity contribution in [3.05, 3.63) is 28.2 Å². The van der Waals surface area contributed by atoms with E-state index in [4.69, 9.17) is 5.73 Å². The van der Waals surface area contributed by atoms with E-state index in [1.165, 1.54) is 5.56 Å². The third-order valence-corrected chi connectivity index (χ3v) is 4.36. The van der Waals surface area contributed by atoms with Gasteiger partial charge in [0.05, 0.1) is 5.69 Å². The molecule has 0 aliphatic carbocycles. The first-order chi connectivity index (χ1) is 9.78. The number of halogens is 1. The zero-order chi connectivity index (χ0) is 15.6. The smallest absolute Gasteiger partial charge is 0.240 e. The molecule has 0 radical (unpaired) electrons. The van der Waals surface area contributed by atoms with Crippen LogP contribution in [0.25, 0.3) is 0 Å². The Bertz CT molecular complexity index is 525. The molecule has 1 aromatic rings. The molecule has 21 heavy (non-hydrogen) atoms. The van der Waals surface area contributed by atoms with Crippen LogP contribution in [-0.4, -0.2) is 24.0 Å². The molecule has 4 nitrogen and oxygen atoms in total. The number of carbonyl (C=O) groups excluding carboxylic acids is 1. The molecule has 1 aliphatic rings. The van der Waals surface area contributed by atoms with Crippen LogP contribution in [0.15, 0.2) is 22.7 Å². The van der Waals surface area contributed by atoms with Gasteiger partial charge in [0.15, 0.2) is 0 Å². The molecule has 1 atom stereocenters. The van der Waals surface area contributed by atoms with Crippen molar-refractivity contribution < 1.29 is 4.79 Å². The van der Waals surface area contributed by atoms with Gasteiger partial charge in [-0.05, 0) is 67.2 Å². The number of hydrogen-bond acceptors (Lipinski definition) is 3. The Labute approximate surface area is 135 Å². The number of benzene rings is 1. The van der Waals surface area contributed by atoms with Gasteiger partial charge in [-0.25, -0.2) is 0 Å². The fraction of sp³-hybridized carbons (Fsp3) is 0.562. The van der Waals surface area contributed by atoms with E-state index in [9.17, 15) is 4.79 Å². The van der Waals surface area contributed by atoms with Crippen molar-refractivity contribution in [1.29, 1.82) is 0 Å². The third kappa shape index (κ3) is 4.20. The fourth-order valence-corrected chi connectivity index (χ4v) is 3.27.